The van der Waals surface area contributed by atoms with Crippen molar-refractivity contribution in [3.63, 3.8) is 0 Å². The van der Waals surface area contributed by atoms with Gasteiger partial charge in [-0.1, -0.05) is 0 Å². The Hall–Kier alpha value is -0.485. The zero-order chi connectivity index (χ0) is 10.3. The van der Waals surface area contributed by atoms with Crippen molar-refractivity contribution in [2.24, 2.45) is 0 Å². The Labute approximate surface area is 91.8 Å². The number of hydrogen-bond donors (Lipinski definition) is 3. The van der Waals surface area contributed by atoms with Gasteiger partial charge in [0.15, 0.2) is 0 Å². The fourth-order valence-corrected chi connectivity index (χ4v) is 2.90. The second-order valence-corrected chi connectivity index (χ2v) is 4.56. The first-order valence-electron chi connectivity index (χ1n) is 4.17. The molecule has 1 aromatic carbocycles. The van der Waals surface area contributed by atoms with Crippen molar-refractivity contribution >= 4 is 46.6 Å². The van der Waals surface area contributed by atoms with Gasteiger partial charge in [-0.05, 0) is 35.4 Å². The molecule has 1 heterocycles. The molecule has 0 amide bonds. The largest absolute Gasteiger partial charge is 0.490 e. The van der Waals surface area contributed by atoms with Crippen molar-refractivity contribution in [3.05, 3.63) is 23.1 Å². The third kappa shape index (κ3) is 1.46. The van der Waals surface area contributed by atoms with E-state index in [0.29, 0.717) is 10.4 Å². The van der Waals surface area contributed by atoms with Gasteiger partial charge in [-0.25, -0.2) is 0 Å². The highest BCUT2D eigenvalue weighted by atomic mass is 32.1. The summed E-state index contributed by atoms with van der Waals surface area (Å²) in [5, 5.41) is 21.3. The van der Waals surface area contributed by atoms with Crippen molar-refractivity contribution in [1.29, 1.82) is 0 Å². The van der Waals surface area contributed by atoms with E-state index in [2.05, 4.69) is 12.6 Å². The Morgan fingerprint density at radius 1 is 1.43 bits per heavy atom. The van der Waals surface area contributed by atoms with E-state index >= 15 is 0 Å². The van der Waals surface area contributed by atoms with E-state index < -0.39 is 7.12 Å². The van der Waals surface area contributed by atoms with E-state index in [1.54, 1.807) is 11.3 Å². The molecule has 2 aromatic rings. The minimum atomic E-state index is -1.46. The van der Waals surface area contributed by atoms with E-state index in [1.165, 1.54) is 0 Å². The predicted molar refractivity (Wildman–Crippen MR) is 63.6 cm³/mol. The van der Waals surface area contributed by atoms with Crippen LogP contribution in [0.1, 0.15) is 5.56 Å². The van der Waals surface area contributed by atoms with Gasteiger partial charge in [0, 0.05) is 15.1 Å². The average Bonchev–Trinajstić information content (AvgIpc) is 2.51. The van der Waals surface area contributed by atoms with Crippen LogP contribution in [-0.4, -0.2) is 17.2 Å². The maximum Gasteiger partial charge on any atom is 0.490 e. The zero-order valence-corrected chi connectivity index (χ0v) is 9.27. The van der Waals surface area contributed by atoms with Crippen LogP contribution in [0.4, 0.5) is 0 Å². The Morgan fingerprint density at radius 2 is 2.14 bits per heavy atom. The van der Waals surface area contributed by atoms with Gasteiger partial charge in [-0.15, -0.1) is 24.0 Å². The minimum Gasteiger partial charge on any atom is -0.423 e. The van der Waals surface area contributed by atoms with Crippen LogP contribution in [0.5, 0.6) is 0 Å². The smallest absolute Gasteiger partial charge is 0.423 e. The van der Waals surface area contributed by atoms with Gasteiger partial charge in [-0.2, -0.15) is 0 Å². The number of hydrogen-bond acceptors (Lipinski definition) is 4. The van der Waals surface area contributed by atoms with Crippen molar-refractivity contribution < 1.29 is 10.0 Å². The SMILES string of the molecule is Cc1cc(S)c(B(O)O)c2ccsc12. The van der Waals surface area contributed by atoms with Crippen LogP contribution in [0.2, 0.25) is 0 Å². The Bertz CT molecular complexity index is 479. The quantitative estimate of drug-likeness (QED) is 0.502. The summed E-state index contributed by atoms with van der Waals surface area (Å²) in [4.78, 5) is 0.628. The van der Waals surface area contributed by atoms with Crippen LogP contribution < -0.4 is 5.46 Å². The van der Waals surface area contributed by atoms with Crippen molar-refractivity contribution in [2.75, 3.05) is 0 Å². The first-order valence-corrected chi connectivity index (χ1v) is 5.49. The van der Waals surface area contributed by atoms with E-state index in [9.17, 15) is 10.0 Å². The van der Waals surface area contributed by atoms with Crippen LogP contribution in [0.3, 0.4) is 0 Å². The fourth-order valence-electron chi connectivity index (χ4n) is 1.58. The molecule has 2 rings (SSSR count). The molecule has 0 fully saturated rings. The third-order valence-electron chi connectivity index (χ3n) is 2.20. The van der Waals surface area contributed by atoms with Crippen LogP contribution >= 0.6 is 24.0 Å². The Morgan fingerprint density at radius 3 is 2.79 bits per heavy atom. The fraction of sp³-hybridized carbons (Fsp3) is 0.111. The lowest BCUT2D eigenvalue weighted by Crippen LogP contribution is -2.31. The number of rotatable bonds is 1. The number of fused-ring (bicyclic) bond motifs is 1. The summed E-state index contributed by atoms with van der Waals surface area (Å²) in [6, 6.07) is 3.75. The molecular weight excluding hydrogens is 215 g/mol. The normalized spacial score (nSPS) is 10.9. The zero-order valence-electron chi connectivity index (χ0n) is 7.56. The van der Waals surface area contributed by atoms with Gasteiger partial charge >= 0.3 is 7.12 Å². The summed E-state index contributed by atoms with van der Waals surface area (Å²) in [6.45, 7) is 1.99. The summed E-state index contributed by atoms with van der Waals surface area (Å²) >= 11 is 5.84. The third-order valence-corrected chi connectivity index (χ3v) is 3.62. The predicted octanol–water partition coefficient (Wildman–Crippen LogP) is 1.18. The topological polar surface area (TPSA) is 40.5 Å². The first kappa shape index (κ1) is 10.0. The van der Waals surface area contributed by atoms with Gasteiger partial charge in [0.05, 0.1) is 0 Å². The van der Waals surface area contributed by atoms with Gasteiger partial charge in [0.2, 0.25) is 0 Å². The molecule has 0 unspecified atom stereocenters. The molecule has 72 valence electrons. The lowest BCUT2D eigenvalue weighted by Gasteiger charge is -2.07. The molecule has 0 saturated heterocycles. The maximum absolute atomic E-state index is 9.22. The summed E-state index contributed by atoms with van der Waals surface area (Å²) in [5.41, 5.74) is 1.61. The molecule has 0 aliphatic rings. The highest BCUT2D eigenvalue weighted by Crippen LogP contribution is 2.25. The second-order valence-electron chi connectivity index (χ2n) is 3.16. The molecule has 2 nitrogen and oxygen atoms in total. The Kier molecular flexibility index (Phi) is 2.57. The van der Waals surface area contributed by atoms with Crippen molar-refractivity contribution in [1.82, 2.24) is 0 Å². The highest BCUT2D eigenvalue weighted by Gasteiger charge is 2.19. The number of benzene rings is 1. The summed E-state index contributed by atoms with van der Waals surface area (Å²) in [6.07, 6.45) is 0. The molecule has 1 aromatic heterocycles. The van der Waals surface area contributed by atoms with Crippen molar-refractivity contribution in [3.8, 4) is 0 Å². The monoisotopic (exact) mass is 224 g/mol. The number of aryl methyl sites for hydroxylation is 1. The van der Waals surface area contributed by atoms with E-state index in [0.717, 1.165) is 15.6 Å². The molecule has 0 aliphatic carbocycles. The lowest BCUT2D eigenvalue weighted by molar-refractivity contribution is 0.425. The van der Waals surface area contributed by atoms with E-state index in [4.69, 9.17) is 0 Å². The van der Waals surface area contributed by atoms with Crippen LogP contribution in [0.15, 0.2) is 22.4 Å². The molecule has 14 heavy (non-hydrogen) atoms. The summed E-state index contributed by atoms with van der Waals surface area (Å²) in [5.74, 6) is 0. The van der Waals surface area contributed by atoms with E-state index in [-0.39, 0.29) is 0 Å². The summed E-state index contributed by atoms with van der Waals surface area (Å²) in [7, 11) is -1.46. The van der Waals surface area contributed by atoms with Gasteiger partial charge in [-0.3, -0.25) is 0 Å². The second kappa shape index (κ2) is 3.58. The lowest BCUT2D eigenvalue weighted by atomic mass is 9.77. The highest BCUT2D eigenvalue weighted by molar-refractivity contribution is 7.80. The molecule has 0 radical (unpaired) electrons. The number of thiophene rings is 1. The van der Waals surface area contributed by atoms with Gasteiger partial charge < -0.3 is 10.0 Å². The molecule has 0 saturated carbocycles. The molecule has 0 bridgehead atoms. The molecule has 5 heteroatoms. The van der Waals surface area contributed by atoms with E-state index in [1.807, 2.05) is 24.4 Å². The Balaban J connectivity index is 2.86. The van der Waals surface area contributed by atoms with Crippen LogP contribution in [0, 0.1) is 6.92 Å². The molecular formula is C9H9BO2S2. The molecule has 2 N–H and O–H groups in total. The van der Waals surface area contributed by atoms with Gasteiger partial charge in [0.1, 0.15) is 0 Å². The average molecular weight is 224 g/mol. The van der Waals surface area contributed by atoms with Gasteiger partial charge in [0.25, 0.3) is 0 Å². The standard InChI is InChI=1S/C9H9BO2S2/c1-5-4-7(13)8(10(11)12)6-2-3-14-9(5)6/h2-4,11-13H,1H3. The summed E-state index contributed by atoms with van der Waals surface area (Å²) < 4.78 is 1.09. The molecule has 0 aliphatic heterocycles. The van der Waals surface area contributed by atoms with Crippen LogP contribution in [0.25, 0.3) is 10.1 Å². The molecule has 0 spiro atoms. The molecule has 0 atom stereocenters. The first-order chi connectivity index (χ1) is 6.61. The maximum atomic E-state index is 9.22. The van der Waals surface area contributed by atoms with Crippen LogP contribution in [-0.2, 0) is 0 Å². The minimum absolute atomic E-state index is 0.496. The van der Waals surface area contributed by atoms with Crippen molar-refractivity contribution in [2.45, 2.75) is 11.8 Å². The number of thiol groups is 1.